The number of rotatable bonds is 17. The third-order valence-electron chi connectivity index (χ3n) is 5.50. The molecule has 0 spiro atoms. The van der Waals surface area contributed by atoms with Gasteiger partial charge in [-0.3, -0.25) is 0 Å². The second-order valence-corrected chi connectivity index (χ2v) is 8.03. The number of aliphatic hydroxyl groups is 3. The van der Waals surface area contributed by atoms with Crippen LogP contribution in [0, 0.1) is 0 Å². The van der Waals surface area contributed by atoms with E-state index in [1.807, 2.05) is 0 Å². The van der Waals surface area contributed by atoms with Gasteiger partial charge in [-0.1, -0.05) is 70.4 Å². The first-order valence-electron chi connectivity index (χ1n) is 11.6. The topological polar surface area (TPSA) is 79.2 Å². The van der Waals surface area contributed by atoms with Gasteiger partial charge in [0.05, 0.1) is 13.2 Å². The number of ether oxygens (including phenoxy) is 2. The minimum atomic E-state index is -1.09. The molecule has 0 bridgehead atoms. The maximum Gasteiger partial charge on any atom is 0.111 e. The molecule has 5 nitrogen and oxygen atoms in total. The lowest BCUT2D eigenvalue weighted by Crippen LogP contribution is -2.55. The normalized spacial score (nSPS) is 25.6. The van der Waals surface area contributed by atoms with Crippen molar-refractivity contribution < 1.29 is 24.8 Å². The van der Waals surface area contributed by atoms with Gasteiger partial charge in [-0.05, 0) is 32.1 Å². The quantitative estimate of drug-likeness (QED) is 0.253. The maximum absolute atomic E-state index is 9.99. The second kappa shape index (κ2) is 17.4. The van der Waals surface area contributed by atoms with Crippen LogP contribution in [0.25, 0.3) is 0 Å². The first-order valence-corrected chi connectivity index (χ1v) is 11.6. The molecule has 4 atom stereocenters. The first-order chi connectivity index (χ1) is 13.7. The van der Waals surface area contributed by atoms with Gasteiger partial charge in [0.1, 0.15) is 24.4 Å². The molecule has 0 unspecified atom stereocenters. The summed E-state index contributed by atoms with van der Waals surface area (Å²) in [5.74, 6) is 0. The molecule has 1 fully saturated rings. The lowest BCUT2D eigenvalue weighted by atomic mass is 10.0. The molecule has 0 aromatic carbocycles. The largest absolute Gasteiger partial charge is 0.394 e. The van der Waals surface area contributed by atoms with Gasteiger partial charge in [0.25, 0.3) is 0 Å². The van der Waals surface area contributed by atoms with E-state index < -0.39 is 24.4 Å². The Balaban J connectivity index is 1.86. The molecule has 1 aliphatic rings. The van der Waals surface area contributed by atoms with Crippen LogP contribution in [-0.2, 0) is 9.47 Å². The Morgan fingerprint density at radius 3 is 2.00 bits per heavy atom. The predicted octanol–water partition coefficient (Wildman–Crippen LogP) is 4.13. The standard InChI is InChI=1S/C23H44O5/c1-2-3-4-5-6-7-8-9-10-11-12-13-14-15-16-17-27-21-19-28-20(18-24)22(25)23(21)26/h10-11,20-26H,2-9,12-19H2,1H3/b11-10+/t20-,21+,22-,23-/m1/s1. The molecule has 166 valence electrons. The summed E-state index contributed by atoms with van der Waals surface area (Å²) >= 11 is 0. The molecule has 0 aromatic heterocycles. The molecule has 0 radical (unpaired) electrons. The molecular weight excluding hydrogens is 356 g/mol. The molecule has 0 aromatic rings. The van der Waals surface area contributed by atoms with Gasteiger partial charge in [0, 0.05) is 6.61 Å². The summed E-state index contributed by atoms with van der Waals surface area (Å²) < 4.78 is 11.0. The summed E-state index contributed by atoms with van der Waals surface area (Å²) in [5.41, 5.74) is 0. The van der Waals surface area contributed by atoms with E-state index in [0.29, 0.717) is 6.61 Å². The average molecular weight is 401 g/mol. The van der Waals surface area contributed by atoms with Crippen molar-refractivity contribution in [2.75, 3.05) is 19.8 Å². The Morgan fingerprint density at radius 2 is 1.39 bits per heavy atom. The summed E-state index contributed by atoms with van der Waals surface area (Å²) in [6.45, 7) is 2.75. The van der Waals surface area contributed by atoms with Crippen LogP contribution >= 0.6 is 0 Å². The van der Waals surface area contributed by atoms with Gasteiger partial charge in [-0.2, -0.15) is 0 Å². The zero-order valence-electron chi connectivity index (χ0n) is 17.9. The zero-order valence-corrected chi connectivity index (χ0v) is 17.9. The van der Waals surface area contributed by atoms with Gasteiger partial charge >= 0.3 is 0 Å². The SMILES string of the molecule is CCCCCCCCC/C=C/CCCCCCO[C@H]1CO[C@H](CO)[C@@H](O)[C@@H]1O. The third kappa shape index (κ3) is 11.5. The lowest BCUT2D eigenvalue weighted by molar-refractivity contribution is -0.208. The summed E-state index contributed by atoms with van der Waals surface area (Å²) in [5, 5.41) is 28.9. The van der Waals surface area contributed by atoms with E-state index >= 15 is 0 Å². The summed E-state index contributed by atoms with van der Waals surface area (Å²) in [7, 11) is 0. The molecule has 28 heavy (non-hydrogen) atoms. The molecule has 1 rings (SSSR count). The fraction of sp³-hybridized carbons (Fsp3) is 0.913. The number of hydrogen-bond acceptors (Lipinski definition) is 5. The highest BCUT2D eigenvalue weighted by Gasteiger charge is 2.38. The number of aliphatic hydroxyl groups excluding tert-OH is 3. The van der Waals surface area contributed by atoms with Crippen molar-refractivity contribution >= 4 is 0 Å². The molecule has 0 amide bonds. The third-order valence-corrected chi connectivity index (χ3v) is 5.50. The van der Waals surface area contributed by atoms with Crippen LogP contribution in [-0.4, -0.2) is 59.6 Å². The highest BCUT2D eigenvalue weighted by Crippen LogP contribution is 2.18. The fourth-order valence-corrected chi connectivity index (χ4v) is 3.57. The summed E-state index contributed by atoms with van der Waals surface area (Å²) in [6.07, 6.45) is 17.8. The van der Waals surface area contributed by atoms with Crippen LogP contribution in [0.2, 0.25) is 0 Å². The first kappa shape index (κ1) is 25.6. The van der Waals surface area contributed by atoms with Gasteiger partial charge in [0.15, 0.2) is 0 Å². The van der Waals surface area contributed by atoms with Crippen LogP contribution in [0.5, 0.6) is 0 Å². The van der Waals surface area contributed by atoms with E-state index in [2.05, 4.69) is 19.1 Å². The fourth-order valence-electron chi connectivity index (χ4n) is 3.57. The minimum absolute atomic E-state index is 0.215. The van der Waals surface area contributed by atoms with E-state index in [4.69, 9.17) is 14.6 Å². The van der Waals surface area contributed by atoms with Crippen molar-refractivity contribution in [2.45, 2.75) is 115 Å². The Kier molecular flexibility index (Phi) is 15.9. The number of allylic oxidation sites excluding steroid dienone is 2. The van der Waals surface area contributed by atoms with Crippen molar-refractivity contribution in [3.05, 3.63) is 12.2 Å². The molecule has 1 aliphatic heterocycles. The molecule has 0 aliphatic carbocycles. The summed E-state index contributed by atoms with van der Waals surface area (Å²) in [4.78, 5) is 0. The molecule has 1 heterocycles. The Labute approximate surface area is 172 Å². The van der Waals surface area contributed by atoms with Gasteiger partial charge in [-0.25, -0.2) is 0 Å². The van der Waals surface area contributed by atoms with Crippen molar-refractivity contribution in [3.8, 4) is 0 Å². The van der Waals surface area contributed by atoms with E-state index in [1.54, 1.807) is 0 Å². The zero-order chi connectivity index (χ0) is 20.5. The molecule has 5 heteroatoms. The molecule has 1 saturated heterocycles. The molecule has 0 saturated carbocycles. The van der Waals surface area contributed by atoms with Crippen LogP contribution in [0.15, 0.2) is 12.2 Å². The molecule has 3 N–H and O–H groups in total. The van der Waals surface area contributed by atoms with Crippen LogP contribution < -0.4 is 0 Å². The summed E-state index contributed by atoms with van der Waals surface area (Å²) in [6, 6.07) is 0. The van der Waals surface area contributed by atoms with E-state index in [1.165, 1.54) is 64.2 Å². The van der Waals surface area contributed by atoms with Crippen molar-refractivity contribution in [1.82, 2.24) is 0 Å². The van der Waals surface area contributed by atoms with Crippen LogP contribution in [0.4, 0.5) is 0 Å². The average Bonchev–Trinajstić information content (AvgIpc) is 2.70. The van der Waals surface area contributed by atoms with E-state index in [0.717, 1.165) is 19.3 Å². The highest BCUT2D eigenvalue weighted by atomic mass is 16.6. The van der Waals surface area contributed by atoms with Gasteiger partial charge < -0.3 is 24.8 Å². The number of unbranched alkanes of at least 4 members (excludes halogenated alkanes) is 11. The monoisotopic (exact) mass is 400 g/mol. The Morgan fingerprint density at radius 1 is 0.821 bits per heavy atom. The minimum Gasteiger partial charge on any atom is -0.394 e. The van der Waals surface area contributed by atoms with E-state index in [-0.39, 0.29) is 13.2 Å². The number of hydrogen-bond donors (Lipinski definition) is 3. The molecular formula is C23H44O5. The van der Waals surface area contributed by atoms with Crippen molar-refractivity contribution in [3.63, 3.8) is 0 Å². The van der Waals surface area contributed by atoms with Crippen LogP contribution in [0.3, 0.4) is 0 Å². The lowest BCUT2D eigenvalue weighted by Gasteiger charge is -2.36. The van der Waals surface area contributed by atoms with Gasteiger partial charge in [-0.15, -0.1) is 0 Å². The smallest absolute Gasteiger partial charge is 0.111 e. The second-order valence-electron chi connectivity index (χ2n) is 8.03. The Bertz CT molecular complexity index is 374. The maximum atomic E-state index is 9.99. The van der Waals surface area contributed by atoms with Crippen molar-refractivity contribution in [2.24, 2.45) is 0 Å². The van der Waals surface area contributed by atoms with Crippen molar-refractivity contribution in [1.29, 1.82) is 0 Å². The predicted molar refractivity (Wildman–Crippen MR) is 113 cm³/mol. The van der Waals surface area contributed by atoms with Gasteiger partial charge in [0.2, 0.25) is 0 Å². The Hall–Kier alpha value is -0.460. The highest BCUT2D eigenvalue weighted by molar-refractivity contribution is 4.87. The van der Waals surface area contributed by atoms with Crippen LogP contribution in [0.1, 0.15) is 90.4 Å². The van der Waals surface area contributed by atoms with E-state index in [9.17, 15) is 10.2 Å².